The van der Waals surface area contributed by atoms with Crippen molar-refractivity contribution in [3.05, 3.63) is 29.3 Å². The van der Waals surface area contributed by atoms with Gasteiger partial charge in [0.25, 0.3) is 12.3 Å². The van der Waals surface area contributed by atoms with E-state index in [-0.39, 0.29) is 16.9 Å². The molecule has 1 N–H and O–H groups in total. The molecule has 0 spiro atoms. The third-order valence-corrected chi connectivity index (χ3v) is 3.92. The maximum absolute atomic E-state index is 12.5. The molecule has 2 rings (SSSR count). The summed E-state index contributed by atoms with van der Waals surface area (Å²) in [5.74, 6) is -0.660. The van der Waals surface area contributed by atoms with Crippen LogP contribution in [0.3, 0.4) is 0 Å². The average molecular weight is 275 g/mol. The lowest BCUT2D eigenvalue weighted by atomic mass is 9.95. The van der Waals surface area contributed by atoms with Gasteiger partial charge in [-0.15, -0.1) is 0 Å². The molecular weight excluding hydrogens is 264 g/mol. The summed E-state index contributed by atoms with van der Waals surface area (Å²) in [4.78, 5) is 11.6. The molecule has 1 amide bonds. The summed E-state index contributed by atoms with van der Waals surface area (Å²) in [6.45, 7) is 0. The summed E-state index contributed by atoms with van der Waals surface area (Å²) in [5, 5.41) is 2.17. The van der Waals surface area contributed by atoms with Gasteiger partial charge >= 0.3 is 0 Å². The van der Waals surface area contributed by atoms with Gasteiger partial charge in [-0.2, -0.15) is 0 Å². The van der Waals surface area contributed by atoms with Crippen LogP contribution < -0.4 is 5.32 Å². The fraction of sp³-hybridized carbons (Fsp3) is 0.364. The Morgan fingerprint density at radius 2 is 2.06 bits per heavy atom. The van der Waals surface area contributed by atoms with Crippen molar-refractivity contribution in [2.45, 2.75) is 23.8 Å². The number of hydrogen-bond acceptors (Lipinski definition) is 3. The van der Waals surface area contributed by atoms with Gasteiger partial charge in [0, 0.05) is 11.8 Å². The van der Waals surface area contributed by atoms with Crippen LogP contribution >= 0.6 is 0 Å². The van der Waals surface area contributed by atoms with Crippen LogP contribution in [0.1, 0.15) is 15.9 Å². The van der Waals surface area contributed by atoms with Crippen LogP contribution in [0, 0.1) is 0 Å². The van der Waals surface area contributed by atoms with E-state index in [0.717, 1.165) is 6.26 Å². The molecule has 1 unspecified atom stereocenters. The van der Waals surface area contributed by atoms with Crippen LogP contribution in [-0.4, -0.2) is 33.0 Å². The first kappa shape index (κ1) is 12.9. The van der Waals surface area contributed by atoms with E-state index in [9.17, 15) is 22.0 Å². The first-order valence-electron chi connectivity index (χ1n) is 5.21. The number of carbonyl (C=O) groups excluding carboxylic acids is 1. The molecule has 18 heavy (non-hydrogen) atoms. The molecule has 1 aliphatic rings. The van der Waals surface area contributed by atoms with Crippen molar-refractivity contribution in [3.63, 3.8) is 0 Å². The molecule has 0 saturated carbocycles. The zero-order valence-corrected chi connectivity index (χ0v) is 10.3. The highest BCUT2D eigenvalue weighted by Gasteiger charge is 2.30. The second-order valence-electron chi connectivity index (χ2n) is 4.21. The summed E-state index contributed by atoms with van der Waals surface area (Å²) < 4.78 is 47.8. The summed E-state index contributed by atoms with van der Waals surface area (Å²) in [5.41, 5.74) is 0.589. The molecule has 98 valence electrons. The standard InChI is InChI=1S/C11H11F2NO3S/c1-18(16,17)7-3-2-6-4-9(10(12)13)14-11(15)8(6)5-7/h2-3,5,9-10H,4H2,1H3,(H,14,15). The number of benzene rings is 1. The monoisotopic (exact) mass is 275 g/mol. The van der Waals surface area contributed by atoms with Gasteiger partial charge in [-0.05, 0) is 24.1 Å². The van der Waals surface area contributed by atoms with E-state index in [1.807, 2.05) is 0 Å². The Morgan fingerprint density at radius 3 is 2.61 bits per heavy atom. The Hall–Kier alpha value is -1.50. The lowest BCUT2D eigenvalue weighted by Gasteiger charge is -2.25. The highest BCUT2D eigenvalue weighted by Crippen LogP contribution is 2.23. The fourth-order valence-corrected chi connectivity index (χ4v) is 2.51. The first-order chi connectivity index (χ1) is 8.29. The second-order valence-corrected chi connectivity index (χ2v) is 6.23. The lowest BCUT2D eigenvalue weighted by molar-refractivity contribution is 0.0715. The molecule has 0 aromatic heterocycles. The van der Waals surface area contributed by atoms with Crippen LogP contribution in [0.5, 0.6) is 0 Å². The first-order valence-corrected chi connectivity index (χ1v) is 7.10. The molecular formula is C11H11F2NO3S. The van der Waals surface area contributed by atoms with E-state index in [4.69, 9.17) is 0 Å². The van der Waals surface area contributed by atoms with Gasteiger partial charge in [0.1, 0.15) is 0 Å². The molecule has 0 radical (unpaired) electrons. The predicted octanol–water partition coefficient (Wildman–Crippen LogP) is 1.01. The molecule has 1 aromatic rings. The Morgan fingerprint density at radius 1 is 1.39 bits per heavy atom. The zero-order valence-electron chi connectivity index (χ0n) is 9.48. The van der Waals surface area contributed by atoms with Crippen molar-refractivity contribution in [1.29, 1.82) is 0 Å². The smallest absolute Gasteiger partial charge is 0.258 e. The molecule has 1 heterocycles. The summed E-state index contributed by atoms with van der Waals surface area (Å²) in [7, 11) is -3.42. The number of nitrogens with one attached hydrogen (secondary N) is 1. The number of carbonyl (C=O) groups is 1. The van der Waals surface area contributed by atoms with Gasteiger partial charge in [0.15, 0.2) is 9.84 Å². The van der Waals surface area contributed by atoms with Crippen LogP contribution in [0.15, 0.2) is 23.1 Å². The zero-order chi connectivity index (χ0) is 13.5. The van der Waals surface area contributed by atoms with E-state index in [0.29, 0.717) is 5.56 Å². The quantitative estimate of drug-likeness (QED) is 0.876. The highest BCUT2D eigenvalue weighted by atomic mass is 32.2. The third kappa shape index (κ3) is 2.35. The van der Waals surface area contributed by atoms with E-state index in [1.54, 1.807) is 0 Å². The van der Waals surface area contributed by atoms with E-state index < -0.39 is 28.2 Å². The molecule has 1 atom stereocenters. The van der Waals surface area contributed by atoms with Gasteiger partial charge in [0.2, 0.25) is 0 Å². The summed E-state index contributed by atoms with van der Waals surface area (Å²) in [6.07, 6.45) is -1.61. The number of alkyl halides is 2. The third-order valence-electron chi connectivity index (χ3n) is 2.81. The highest BCUT2D eigenvalue weighted by molar-refractivity contribution is 7.90. The van der Waals surface area contributed by atoms with Gasteiger partial charge < -0.3 is 5.32 Å². The fourth-order valence-electron chi connectivity index (χ4n) is 1.86. The Kier molecular flexibility index (Phi) is 3.10. The van der Waals surface area contributed by atoms with Crippen molar-refractivity contribution in [1.82, 2.24) is 5.32 Å². The number of sulfone groups is 1. The van der Waals surface area contributed by atoms with E-state index in [1.165, 1.54) is 18.2 Å². The Labute approximate surface area is 103 Å². The second kappa shape index (κ2) is 4.31. The number of fused-ring (bicyclic) bond motifs is 1. The van der Waals surface area contributed by atoms with Crippen LogP contribution in [0.25, 0.3) is 0 Å². The lowest BCUT2D eigenvalue weighted by Crippen LogP contribution is -2.45. The minimum atomic E-state index is -3.42. The van der Waals surface area contributed by atoms with Gasteiger partial charge in [0.05, 0.1) is 10.9 Å². The number of hydrogen-bond donors (Lipinski definition) is 1. The molecule has 0 saturated heterocycles. The molecule has 1 aromatic carbocycles. The predicted molar refractivity (Wildman–Crippen MR) is 60.5 cm³/mol. The largest absolute Gasteiger partial charge is 0.343 e. The van der Waals surface area contributed by atoms with Crippen molar-refractivity contribution in [2.75, 3.05) is 6.26 Å². The van der Waals surface area contributed by atoms with Crippen molar-refractivity contribution < 1.29 is 22.0 Å². The minimum Gasteiger partial charge on any atom is -0.343 e. The summed E-state index contributed by atoms with van der Waals surface area (Å²) >= 11 is 0. The maximum Gasteiger partial charge on any atom is 0.258 e. The maximum atomic E-state index is 12.5. The molecule has 0 bridgehead atoms. The Balaban J connectivity index is 2.45. The van der Waals surface area contributed by atoms with Gasteiger partial charge in [-0.3, -0.25) is 4.79 Å². The molecule has 0 aliphatic carbocycles. The number of rotatable bonds is 2. The number of amides is 1. The van der Waals surface area contributed by atoms with Crippen molar-refractivity contribution in [2.24, 2.45) is 0 Å². The van der Waals surface area contributed by atoms with E-state index >= 15 is 0 Å². The minimum absolute atomic E-state index is 0.00276. The van der Waals surface area contributed by atoms with Gasteiger partial charge in [-0.1, -0.05) is 6.07 Å². The molecule has 1 aliphatic heterocycles. The molecule has 4 nitrogen and oxygen atoms in total. The van der Waals surface area contributed by atoms with Gasteiger partial charge in [-0.25, -0.2) is 17.2 Å². The van der Waals surface area contributed by atoms with Crippen LogP contribution in [0.2, 0.25) is 0 Å². The average Bonchev–Trinajstić information content (AvgIpc) is 2.27. The normalized spacial score (nSPS) is 19.6. The van der Waals surface area contributed by atoms with Crippen molar-refractivity contribution >= 4 is 15.7 Å². The topological polar surface area (TPSA) is 63.2 Å². The van der Waals surface area contributed by atoms with Crippen LogP contribution in [0.4, 0.5) is 8.78 Å². The molecule has 0 fully saturated rings. The van der Waals surface area contributed by atoms with E-state index in [2.05, 4.69) is 5.32 Å². The van der Waals surface area contributed by atoms with Crippen molar-refractivity contribution in [3.8, 4) is 0 Å². The molecule has 7 heteroatoms. The SMILES string of the molecule is CS(=O)(=O)c1ccc2c(c1)C(=O)NC(C(F)F)C2. The van der Waals surface area contributed by atoms with Crippen LogP contribution in [-0.2, 0) is 16.3 Å². The number of halogens is 2. The summed E-state index contributed by atoms with van der Waals surface area (Å²) in [6, 6.07) is 2.76. The Bertz CT molecular complexity index is 598.